The van der Waals surface area contributed by atoms with Gasteiger partial charge in [-0.1, -0.05) is 6.07 Å². The minimum Gasteiger partial charge on any atom is -0.350 e. The number of aryl methyl sites for hydroxylation is 1. The highest BCUT2D eigenvalue weighted by molar-refractivity contribution is 6.01. The molecule has 2 aromatic carbocycles. The number of nitrogens with two attached hydrogens (primary N) is 1. The Morgan fingerprint density at radius 1 is 1.21 bits per heavy atom. The van der Waals surface area contributed by atoms with Crippen LogP contribution >= 0.6 is 0 Å². The maximum Gasteiger partial charge on any atom is 0.256 e. The van der Waals surface area contributed by atoms with Crippen molar-refractivity contribution in [2.75, 3.05) is 31.5 Å². The quantitative estimate of drug-likeness (QED) is 0.634. The summed E-state index contributed by atoms with van der Waals surface area (Å²) in [7, 11) is 0. The molecule has 1 fully saturated rings. The molecule has 1 amide bonds. The molecule has 3 rings (SSSR count). The van der Waals surface area contributed by atoms with Gasteiger partial charge in [0.25, 0.3) is 5.91 Å². The van der Waals surface area contributed by atoms with Crippen molar-refractivity contribution in [3.63, 3.8) is 0 Å². The molecule has 1 aliphatic rings. The first-order valence-electron chi connectivity index (χ1n) is 9.15. The van der Waals surface area contributed by atoms with Crippen molar-refractivity contribution < 1.29 is 18.0 Å². The highest BCUT2D eigenvalue weighted by Crippen LogP contribution is 2.31. The lowest BCUT2D eigenvalue weighted by Crippen LogP contribution is -2.55. The molecule has 1 saturated heterocycles. The number of anilines is 2. The molecule has 0 aromatic heterocycles. The van der Waals surface area contributed by atoms with Crippen molar-refractivity contribution >= 4 is 17.3 Å². The Morgan fingerprint density at radius 3 is 2.64 bits per heavy atom. The van der Waals surface area contributed by atoms with Gasteiger partial charge in [-0.15, -0.1) is 0 Å². The van der Waals surface area contributed by atoms with E-state index in [1.165, 1.54) is 18.2 Å². The van der Waals surface area contributed by atoms with Gasteiger partial charge in [0.2, 0.25) is 0 Å². The molecule has 4 N–H and O–H groups in total. The van der Waals surface area contributed by atoms with Crippen molar-refractivity contribution in [3.05, 3.63) is 58.9 Å². The van der Waals surface area contributed by atoms with Gasteiger partial charge in [-0.3, -0.25) is 4.79 Å². The Balaban J connectivity index is 1.87. The molecule has 1 heterocycles. The van der Waals surface area contributed by atoms with Crippen LogP contribution < -0.4 is 16.4 Å². The van der Waals surface area contributed by atoms with E-state index in [1.807, 2.05) is 0 Å². The summed E-state index contributed by atoms with van der Waals surface area (Å²) >= 11 is 0. The standard InChI is InChI=1S/C20H23F3N4O/c1-12-2-5-17(16(22)10-12)26-19-14(3-4-15(21)18(19)23)20(28)27-9-6-13(27)11-25-8-7-24/h2-5,10,13,25-26H,6-9,11,24H2,1H3. The molecule has 0 bridgehead atoms. The van der Waals surface area contributed by atoms with E-state index in [1.54, 1.807) is 17.9 Å². The zero-order chi connectivity index (χ0) is 20.3. The molecule has 0 spiro atoms. The lowest BCUT2D eigenvalue weighted by atomic mass is 10.00. The molecular weight excluding hydrogens is 369 g/mol. The van der Waals surface area contributed by atoms with Gasteiger partial charge in [0.05, 0.1) is 16.9 Å². The van der Waals surface area contributed by atoms with Gasteiger partial charge in [-0.2, -0.15) is 0 Å². The average molecular weight is 392 g/mol. The summed E-state index contributed by atoms with van der Waals surface area (Å²) in [6.07, 6.45) is 0.808. The molecule has 150 valence electrons. The summed E-state index contributed by atoms with van der Waals surface area (Å²) in [6, 6.07) is 6.41. The van der Waals surface area contributed by atoms with Crippen LogP contribution in [0.1, 0.15) is 22.3 Å². The second-order valence-electron chi connectivity index (χ2n) is 6.83. The summed E-state index contributed by atoms with van der Waals surface area (Å²) in [5, 5.41) is 5.70. The molecule has 1 unspecified atom stereocenters. The number of nitrogens with one attached hydrogen (secondary N) is 2. The Hall–Kier alpha value is -2.58. The predicted octanol–water partition coefficient (Wildman–Crippen LogP) is 2.92. The summed E-state index contributed by atoms with van der Waals surface area (Å²) in [6.45, 7) is 3.92. The van der Waals surface area contributed by atoms with Crippen molar-refractivity contribution in [2.24, 2.45) is 5.73 Å². The summed E-state index contributed by atoms with van der Waals surface area (Å²) in [5.41, 5.74) is 5.69. The first-order valence-corrected chi connectivity index (χ1v) is 9.15. The fraction of sp³-hybridized carbons (Fsp3) is 0.350. The third-order valence-corrected chi connectivity index (χ3v) is 4.82. The number of nitrogens with zero attached hydrogens (tertiary/aromatic N) is 1. The topological polar surface area (TPSA) is 70.4 Å². The van der Waals surface area contributed by atoms with Crippen molar-refractivity contribution in [2.45, 2.75) is 19.4 Å². The Bertz CT molecular complexity index is 875. The van der Waals surface area contributed by atoms with Gasteiger partial charge < -0.3 is 21.3 Å². The summed E-state index contributed by atoms with van der Waals surface area (Å²) in [4.78, 5) is 14.5. The van der Waals surface area contributed by atoms with E-state index in [4.69, 9.17) is 5.73 Å². The molecule has 8 heteroatoms. The number of carbonyl (C=O) groups is 1. The van der Waals surface area contributed by atoms with Crippen LogP contribution in [-0.4, -0.2) is 43.0 Å². The number of hydrogen-bond donors (Lipinski definition) is 3. The van der Waals surface area contributed by atoms with Crippen molar-refractivity contribution in [3.8, 4) is 0 Å². The maximum absolute atomic E-state index is 14.5. The van der Waals surface area contributed by atoms with Gasteiger partial charge in [0.1, 0.15) is 5.82 Å². The second-order valence-corrected chi connectivity index (χ2v) is 6.83. The van der Waals surface area contributed by atoms with E-state index in [2.05, 4.69) is 10.6 Å². The van der Waals surface area contributed by atoms with E-state index >= 15 is 0 Å². The lowest BCUT2D eigenvalue weighted by Gasteiger charge is -2.41. The van der Waals surface area contributed by atoms with Crippen LogP contribution in [0.2, 0.25) is 0 Å². The lowest BCUT2D eigenvalue weighted by molar-refractivity contribution is 0.0465. The van der Waals surface area contributed by atoms with Crippen LogP contribution in [0.4, 0.5) is 24.5 Å². The zero-order valence-corrected chi connectivity index (χ0v) is 15.6. The molecular formula is C20H23F3N4O. The summed E-state index contributed by atoms with van der Waals surface area (Å²) in [5.74, 6) is -3.38. The van der Waals surface area contributed by atoms with Crippen LogP contribution in [0.5, 0.6) is 0 Å². The number of rotatable bonds is 7. The van der Waals surface area contributed by atoms with Crippen LogP contribution in [0.15, 0.2) is 30.3 Å². The Labute approximate surface area is 161 Å². The molecule has 28 heavy (non-hydrogen) atoms. The Morgan fingerprint density at radius 2 is 2.00 bits per heavy atom. The third kappa shape index (κ3) is 4.13. The fourth-order valence-corrected chi connectivity index (χ4v) is 3.15. The number of likely N-dealkylation sites (tertiary alicyclic amines) is 1. The minimum absolute atomic E-state index is 0.0334. The number of halogens is 3. The maximum atomic E-state index is 14.5. The molecule has 1 aliphatic heterocycles. The van der Waals surface area contributed by atoms with E-state index < -0.39 is 23.4 Å². The van der Waals surface area contributed by atoms with Crippen molar-refractivity contribution in [1.29, 1.82) is 0 Å². The van der Waals surface area contributed by atoms with Crippen LogP contribution in [-0.2, 0) is 0 Å². The van der Waals surface area contributed by atoms with Crippen LogP contribution in [0.25, 0.3) is 0 Å². The number of carbonyl (C=O) groups excluding carboxylic acids is 1. The molecule has 0 aliphatic carbocycles. The smallest absolute Gasteiger partial charge is 0.256 e. The van der Waals surface area contributed by atoms with Gasteiger partial charge in [-0.25, -0.2) is 13.2 Å². The third-order valence-electron chi connectivity index (χ3n) is 4.82. The molecule has 2 aromatic rings. The highest BCUT2D eigenvalue weighted by atomic mass is 19.2. The van der Waals surface area contributed by atoms with Gasteiger partial charge in [0.15, 0.2) is 11.6 Å². The first-order chi connectivity index (χ1) is 13.4. The minimum atomic E-state index is -1.22. The molecule has 1 atom stereocenters. The van der Waals surface area contributed by atoms with Gasteiger partial charge in [0, 0.05) is 32.2 Å². The predicted molar refractivity (Wildman–Crippen MR) is 102 cm³/mol. The van der Waals surface area contributed by atoms with E-state index in [0.29, 0.717) is 31.7 Å². The van der Waals surface area contributed by atoms with E-state index in [0.717, 1.165) is 12.5 Å². The average Bonchev–Trinajstić information content (AvgIpc) is 2.63. The van der Waals surface area contributed by atoms with E-state index in [9.17, 15) is 18.0 Å². The van der Waals surface area contributed by atoms with E-state index in [-0.39, 0.29) is 23.0 Å². The normalized spacial score (nSPS) is 16.0. The monoisotopic (exact) mass is 392 g/mol. The number of amides is 1. The highest BCUT2D eigenvalue weighted by Gasteiger charge is 2.34. The van der Waals surface area contributed by atoms with Gasteiger partial charge >= 0.3 is 0 Å². The molecule has 5 nitrogen and oxygen atoms in total. The van der Waals surface area contributed by atoms with Gasteiger partial charge in [-0.05, 0) is 43.2 Å². The SMILES string of the molecule is Cc1ccc(Nc2c(C(=O)N3CCC3CNCCN)ccc(F)c2F)c(F)c1. The Kier molecular flexibility index (Phi) is 6.21. The number of hydrogen-bond acceptors (Lipinski definition) is 4. The zero-order valence-electron chi connectivity index (χ0n) is 15.6. The summed E-state index contributed by atoms with van der Waals surface area (Å²) < 4.78 is 42.5. The first kappa shape index (κ1) is 20.2. The largest absolute Gasteiger partial charge is 0.350 e. The fourth-order valence-electron chi connectivity index (χ4n) is 3.15. The van der Waals surface area contributed by atoms with Crippen molar-refractivity contribution in [1.82, 2.24) is 10.2 Å². The molecule has 0 saturated carbocycles. The van der Waals surface area contributed by atoms with Crippen LogP contribution in [0, 0.1) is 24.4 Å². The van der Waals surface area contributed by atoms with Crippen LogP contribution in [0.3, 0.4) is 0 Å². The molecule has 0 radical (unpaired) electrons. The number of benzene rings is 2. The second kappa shape index (κ2) is 8.62.